The zero-order valence-corrected chi connectivity index (χ0v) is 44.8. The Labute approximate surface area is 445 Å². The van der Waals surface area contributed by atoms with Crippen LogP contribution in [-0.4, -0.2) is 46.3 Å². The molecule has 8 aromatic carbocycles. The van der Waals surface area contributed by atoms with Gasteiger partial charge in [0.05, 0.1) is 0 Å². The molecule has 0 saturated carbocycles. The molecule has 12 rings (SSSR count). The maximum absolute atomic E-state index is 11.5. The van der Waals surface area contributed by atoms with Crippen molar-refractivity contribution in [2.24, 2.45) is 0 Å². The van der Waals surface area contributed by atoms with Crippen molar-refractivity contribution >= 4 is 110 Å². The van der Waals surface area contributed by atoms with Gasteiger partial charge in [0, 0.05) is 75.7 Å². The number of fused-ring (bicyclic) bond motifs is 4. The molecule has 0 heterocycles. The molecule has 4 aliphatic rings. The van der Waals surface area contributed by atoms with Crippen molar-refractivity contribution in [3.8, 4) is 0 Å². The molecular formula is C64H48Br2O8. The lowest BCUT2D eigenvalue weighted by Gasteiger charge is -2.21. The summed E-state index contributed by atoms with van der Waals surface area (Å²) in [5.41, 5.74) is 7.75. The molecular weight excluding hydrogens is 1060 g/mol. The van der Waals surface area contributed by atoms with Gasteiger partial charge < -0.3 is 0 Å². The van der Waals surface area contributed by atoms with Crippen LogP contribution in [0.1, 0.15) is 137 Å². The van der Waals surface area contributed by atoms with Crippen molar-refractivity contribution in [2.45, 2.75) is 53.9 Å². The summed E-state index contributed by atoms with van der Waals surface area (Å²) in [6.07, 6.45) is 5.57. The molecule has 8 nitrogen and oxygen atoms in total. The van der Waals surface area contributed by atoms with Crippen molar-refractivity contribution in [3.05, 3.63) is 245 Å². The van der Waals surface area contributed by atoms with E-state index in [2.05, 4.69) is 95.1 Å². The largest absolute Gasteiger partial charge is 0.289 e. The van der Waals surface area contributed by atoms with Crippen LogP contribution in [0, 0.1) is 0 Å². The third kappa shape index (κ3) is 10.5. The molecule has 0 saturated heterocycles. The Hall–Kier alpha value is -7.92. The summed E-state index contributed by atoms with van der Waals surface area (Å²) >= 11 is 7.42. The number of ketones is 8. The highest BCUT2D eigenvalue weighted by Gasteiger charge is 2.25. The van der Waals surface area contributed by atoms with Gasteiger partial charge in [0.25, 0.3) is 0 Å². The van der Waals surface area contributed by atoms with E-state index < -0.39 is 0 Å². The zero-order chi connectivity index (χ0) is 53.3. The topological polar surface area (TPSA) is 137 Å². The van der Waals surface area contributed by atoms with Crippen molar-refractivity contribution in [1.82, 2.24) is 0 Å². The normalized spacial score (nSPS) is 14.6. The van der Waals surface area contributed by atoms with Gasteiger partial charge in [-0.1, -0.05) is 186 Å². The van der Waals surface area contributed by atoms with Crippen LogP contribution in [-0.2, 0) is 5.41 Å². The third-order valence-electron chi connectivity index (χ3n) is 13.1. The van der Waals surface area contributed by atoms with Gasteiger partial charge in [-0.05, 0) is 101 Å². The molecule has 0 unspecified atom stereocenters. The highest BCUT2D eigenvalue weighted by molar-refractivity contribution is 9.11. The summed E-state index contributed by atoms with van der Waals surface area (Å²) in [6.45, 7) is 13.5. The van der Waals surface area contributed by atoms with E-state index in [1.807, 2.05) is 0 Å². The summed E-state index contributed by atoms with van der Waals surface area (Å²) in [5.74, 6) is -0.489. The minimum Gasteiger partial charge on any atom is -0.289 e. The fraction of sp³-hybridized carbons (Fsp3) is 0.125. The number of hydrogen-bond donors (Lipinski definition) is 0. The fourth-order valence-electron chi connectivity index (χ4n) is 9.06. The van der Waals surface area contributed by atoms with Crippen LogP contribution < -0.4 is 0 Å². The van der Waals surface area contributed by atoms with Crippen molar-refractivity contribution in [1.29, 1.82) is 0 Å². The number of hydrogen-bond acceptors (Lipinski definition) is 8. The number of benzene rings is 8. The van der Waals surface area contributed by atoms with Crippen molar-refractivity contribution in [3.63, 3.8) is 0 Å². The van der Waals surface area contributed by atoms with E-state index in [9.17, 15) is 38.4 Å². The Kier molecular flexibility index (Phi) is 15.1. The molecule has 0 aromatic heterocycles. The number of halogens is 2. The Morgan fingerprint density at radius 3 is 0.838 bits per heavy atom. The fourth-order valence-corrected chi connectivity index (χ4v) is 10.5. The van der Waals surface area contributed by atoms with Gasteiger partial charge in [0.1, 0.15) is 0 Å². The second-order valence-electron chi connectivity index (χ2n) is 19.3. The molecule has 0 radical (unpaired) electrons. The standard InChI is InChI=1S/C20H16Br2.4C11H8O2/c1-20(2,3)13-8-11-4-6-14-16(21)10-17(22)15-7-5-12(9-13)18(11)19(14)15;4*1-7-6-10(12)8-4-2-3-5-9(8)11(7)13/h4-10H,1-3H3;4*2-6H,1H3. The smallest absolute Gasteiger partial charge is 0.189 e. The predicted octanol–water partition coefficient (Wildman–Crippen LogP) is 15.5. The Balaban J connectivity index is 0.000000126. The van der Waals surface area contributed by atoms with E-state index >= 15 is 0 Å². The van der Waals surface area contributed by atoms with Gasteiger partial charge in [-0.15, -0.1) is 0 Å². The van der Waals surface area contributed by atoms with Gasteiger partial charge >= 0.3 is 0 Å². The van der Waals surface area contributed by atoms with Gasteiger partial charge in [0.15, 0.2) is 46.3 Å². The van der Waals surface area contributed by atoms with Gasteiger partial charge in [-0.25, -0.2) is 0 Å². The summed E-state index contributed by atoms with van der Waals surface area (Å²) in [6, 6.07) is 43.4. The van der Waals surface area contributed by atoms with Crippen LogP contribution in [0.2, 0.25) is 0 Å². The molecule has 0 N–H and O–H groups in total. The predicted molar refractivity (Wildman–Crippen MR) is 300 cm³/mol. The average molecular weight is 1100 g/mol. The Morgan fingerprint density at radius 2 is 0.581 bits per heavy atom. The second-order valence-corrected chi connectivity index (χ2v) is 21.0. The molecule has 0 atom stereocenters. The van der Waals surface area contributed by atoms with Crippen LogP contribution in [0.3, 0.4) is 0 Å². The molecule has 4 aliphatic carbocycles. The molecule has 0 spiro atoms. The Morgan fingerprint density at radius 1 is 0.324 bits per heavy atom. The van der Waals surface area contributed by atoms with E-state index in [0.717, 1.165) is 8.95 Å². The second kappa shape index (κ2) is 21.3. The number of carbonyl (C=O) groups excluding carboxylic acids is 8. The van der Waals surface area contributed by atoms with E-state index in [1.165, 1.54) is 62.2 Å². The maximum Gasteiger partial charge on any atom is 0.189 e. The first-order valence-corrected chi connectivity index (χ1v) is 25.3. The number of rotatable bonds is 0. The lowest BCUT2D eigenvalue weighted by molar-refractivity contribution is 0.0984. The highest BCUT2D eigenvalue weighted by Crippen LogP contribution is 2.42. The minimum atomic E-state index is -0.0762. The number of carbonyl (C=O) groups is 8. The van der Waals surface area contributed by atoms with Crippen LogP contribution in [0.15, 0.2) is 195 Å². The van der Waals surface area contributed by atoms with E-state index in [4.69, 9.17) is 0 Å². The number of allylic oxidation sites excluding steroid dienone is 8. The molecule has 10 heteroatoms. The summed E-state index contributed by atoms with van der Waals surface area (Å²) in [7, 11) is 0. The molecule has 0 amide bonds. The average Bonchev–Trinajstić information content (AvgIpc) is 3.38. The third-order valence-corrected chi connectivity index (χ3v) is 14.4. The van der Waals surface area contributed by atoms with Crippen LogP contribution in [0.4, 0.5) is 0 Å². The molecule has 0 bridgehead atoms. The van der Waals surface area contributed by atoms with Crippen molar-refractivity contribution < 1.29 is 38.4 Å². The first-order valence-electron chi connectivity index (χ1n) is 23.7. The lowest BCUT2D eigenvalue weighted by Crippen LogP contribution is -2.14. The van der Waals surface area contributed by atoms with Gasteiger partial charge in [-0.3, -0.25) is 38.4 Å². The zero-order valence-electron chi connectivity index (χ0n) is 41.6. The number of Topliss-reactive ketones (excluding diaryl/α,β-unsaturated/α-hetero) is 4. The first kappa shape index (κ1) is 52.4. The molecule has 74 heavy (non-hydrogen) atoms. The first-order chi connectivity index (χ1) is 35.2. The minimum absolute atomic E-state index is 0.0461. The van der Waals surface area contributed by atoms with Crippen LogP contribution >= 0.6 is 31.9 Å². The van der Waals surface area contributed by atoms with E-state index in [1.54, 1.807) is 125 Å². The highest BCUT2D eigenvalue weighted by atomic mass is 79.9. The molecule has 0 fully saturated rings. The quantitative estimate of drug-likeness (QED) is 0.137. The summed E-state index contributed by atoms with van der Waals surface area (Å²) < 4.78 is 2.28. The summed E-state index contributed by atoms with van der Waals surface area (Å²) in [5, 5.41) is 7.91. The SMILES string of the molecule is CC(C)(C)c1cc2ccc3c(Br)cc(Br)c4ccc(c1)c2c34.CC1=CC(=O)c2ccccc2C1=O.CC1=CC(=O)c2ccccc2C1=O.CC1=CC(=O)c2ccccc2C1=O.CC1=CC(=O)c2ccccc2C1=O. The van der Waals surface area contributed by atoms with Crippen molar-refractivity contribution in [2.75, 3.05) is 0 Å². The van der Waals surface area contributed by atoms with E-state index in [0.29, 0.717) is 66.8 Å². The summed E-state index contributed by atoms with van der Waals surface area (Å²) in [4.78, 5) is 91.8. The Bertz CT molecular complexity index is 3470. The molecule has 0 aliphatic heterocycles. The lowest BCUT2D eigenvalue weighted by atomic mass is 9.83. The monoisotopic (exact) mass is 1100 g/mol. The van der Waals surface area contributed by atoms with Crippen LogP contribution in [0.5, 0.6) is 0 Å². The van der Waals surface area contributed by atoms with Gasteiger partial charge in [0.2, 0.25) is 0 Å². The molecule has 366 valence electrons. The van der Waals surface area contributed by atoms with Gasteiger partial charge in [-0.2, -0.15) is 0 Å². The van der Waals surface area contributed by atoms with Crippen LogP contribution in [0.25, 0.3) is 32.3 Å². The maximum atomic E-state index is 11.5. The van der Waals surface area contributed by atoms with E-state index in [-0.39, 0.29) is 51.7 Å². The molecule has 8 aromatic rings.